The number of carboxylic acid groups (broad SMARTS) is 1. The van der Waals surface area contributed by atoms with E-state index in [0.29, 0.717) is 30.2 Å². The zero-order chi connectivity index (χ0) is 15.7. The van der Waals surface area contributed by atoms with Crippen LogP contribution in [0.2, 0.25) is 0 Å². The predicted octanol–water partition coefficient (Wildman–Crippen LogP) is 1.11. The molecular weight excluding hydrogens is 288 g/mol. The van der Waals surface area contributed by atoms with Crippen LogP contribution in [0.3, 0.4) is 0 Å². The minimum absolute atomic E-state index is 0.0225. The Hall–Kier alpha value is -2.28. The number of hydrogen-bond donors (Lipinski definition) is 2. The summed E-state index contributed by atoms with van der Waals surface area (Å²) in [6.45, 7) is 2.05. The van der Waals surface area contributed by atoms with Gasteiger partial charge in [-0.3, -0.25) is 9.69 Å². The van der Waals surface area contributed by atoms with Crippen molar-refractivity contribution in [2.75, 3.05) is 26.8 Å². The van der Waals surface area contributed by atoms with Crippen LogP contribution in [0.4, 0.5) is 4.79 Å². The van der Waals surface area contributed by atoms with Gasteiger partial charge in [-0.2, -0.15) is 0 Å². The monoisotopic (exact) mass is 306 g/mol. The molecule has 0 aliphatic carbocycles. The Morgan fingerprint density at radius 1 is 1.55 bits per heavy atom. The third-order valence-electron chi connectivity index (χ3n) is 4.07. The van der Waals surface area contributed by atoms with E-state index in [0.717, 1.165) is 18.5 Å². The van der Waals surface area contributed by atoms with Crippen molar-refractivity contribution in [2.45, 2.75) is 19.0 Å². The highest BCUT2D eigenvalue weighted by Gasteiger charge is 2.30. The molecule has 2 aliphatic rings. The number of carbonyl (C=O) groups excluding carboxylic acids is 1. The zero-order valence-corrected chi connectivity index (χ0v) is 12.3. The highest BCUT2D eigenvalue weighted by Crippen LogP contribution is 2.37. The molecule has 1 fully saturated rings. The molecule has 0 bridgehead atoms. The van der Waals surface area contributed by atoms with Gasteiger partial charge < -0.3 is 19.9 Å². The summed E-state index contributed by atoms with van der Waals surface area (Å²) in [5, 5.41) is 11.3. The van der Waals surface area contributed by atoms with Crippen LogP contribution < -0.4 is 14.8 Å². The number of carbonyl (C=O) groups is 2. The average Bonchev–Trinajstić information content (AvgIpc) is 3.06. The SMILES string of the molecule is COc1ccc2c(c1CN1CC[C@H](NC(=O)O)C1)OCC2=O. The number of nitrogens with one attached hydrogen (secondary N) is 1. The van der Waals surface area contributed by atoms with Crippen LogP contribution >= 0.6 is 0 Å². The van der Waals surface area contributed by atoms with Gasteiger partial charge in [-0.25, -0.2) is 4.79 Å². The number of hydrogen-bond acceptors (Lipinski definition) is 5. The van der Waals surface area contributed by atoms with Crippen LogP contribution in [0.25, 0.3) is 0 Å². The molecule has 3 rings (SSSR count). The summed E-state index contributed by atoms with van der Waals surface area (Å²) in [4.78, 5) is 24.6. The predicted molar refractivity (Wildman–Crippen MR) is 77.7 cm³/mol. The van der Waals surface area contributed by atoms with Crippen molar-refractivity contribution in [2.24, 2.45) is 0 Å². The van der Waals surface area contributed by atoms with E-state index in [1.54, 1.807) is 19.2 Å². The van der Waals surface area contributed by atoms with Crippen LogP contribution in [-0.4, -0.2) is 54.7 Å². The van der Waals surface area contributed by atoms with Gasteiger partial charge in [0.05, 0.1) is 18.2 Å². The molecule has 2 heterocycles. The molecule has 0 saturated carbocycles. The number of Topliss-reactive ketones (excluding diaryl/α,β-unsaturated/α-hetero) is 1. The number of benzene rings is 1. The van der Waals surface area contributed by atoms with E-state index in [2.05, 4.69) is 10.2 Å². The highest BCUT2D eigenvalue weighted by atomic mass is 16.5. The second kappa shape index (κ2) is 5.84. The lowest BCUT2D eigenvalue weighted by molar-refractivity contribution is 0.0960. The molecule has 2 aliphatic heterocycles. The fraction of sp³-hybridized carbons (Fsp3) is 0.467. The van der Waals surface area contributed by atoms with Crippen molar-refractivity contribution in [1.29, 1.82) is 0 Å². The number of likely N-dealkylation sites (tertiary alicyclic amines) is 1. The zero-order valence-electron chi connectivity index (χ0n) is 12.3. The van der Waals surface area contributed by atoms with Crippen LogP contribution in [0.15, 0.2) is 12.1 Å². The van der Waals surface area contributed by atoms with Crippen LogP contribution in [0.1, 0.15) is 22.3 Å². The Morgan fingerprint density at radius 3 is 3.09 bits per heavy atom. The molecule has 118 valence electrons. The first-order valence-electron chi connectivity index (χ1n) is 7.16. The van der Waals surface area contributed by atoms with Crippen LogP contribution in [-0.2, 0) is 6.54 Å². The van der Waals surface area contributed by atoms with E-state index in [4.69, 9.17) is 14.6 Å². The molecule has 22 heavy (non-hydrogen) atoms. The summed E-state index contributed by atoms with van der Waals surface area (Å²) >= 11 is 0. The molecule has 0 spiro atoms. The van der Waals surface area contributed by atoms with E-state index in [9.17, 15) is 9.59 Å². The van der Waals surface area contributed by atoms with Gasteiger partial charge in [0.1, 0.15) is 11.5 Å². The van der Waals surface area contributed by atoms with Gasteiger partial charge in [-0.1, -0.05) is 0 Å². The molecular formula is C15H18N2O5. The Balaban J connectivity index is 1.78. The molecule has 1 amide bonds. The summed E-state index contributed by atoms with van der Waals surface area (Å²) in [7, 11) is 1.58. The van der Waals surface area contributed by atoms with Gasteiger partial charge >= 0.3 is 6.09 Å². The standard InChI is InChI=1S/C15H18N2O5/c1-21-13-3-2-10-12(18)8-22-14(10)11(13)7-17-5-4-9(6-17)16-15(19)20/h2-3,9,16H,4-8H2,1H3,(H,19,20)/t9-/m0/s1. The van der Waals surface area contributed by atoms with Gasteiger partial charge in [-0.05, 0) is 18.6 Å². The average molecular weight is 306 g/mol. The normalized spacial score (nSPS) is 20.6. The van der Waals surface area contributed by atoms with Gasteiger partial charge in [-0.15, -0.1) is 0 Å². The second-order valence-electron chi connectivity index (χ2n) is 5.51. The first kappa shape index (κ1) is 14.6. The number of rotatable bonds is 4. The van der Waals surface area contributed by atoms with Crippen molar-refractivity contribution in [3.8, 4) is 11.5 Å². The topological polar surface area (TPSA) is 88.1 Å². The Morgan fingerprint density at radius 2 is 2.36 bits per heavy atom. The molecule has 0 unspecified atom stereocenters. The summed E-state index contributed by atoms with van der Waals surface area (Å²) < 4.78 is 10.9. The number of ketones is 1. The van der Waals surface area contributed by atoms with E-state index < -0.39 is 6.09 Å². The van der Waals surface area contributed by atoms with Gasteiger partial charge in [0.15, 0.2) is 6.61 Å². The van der Waals surface area contributed by atoms with Crippen molar-refractivity contribution >= 4 is 11.9 Å². The molecule has 0 aromatic heterocycles. The minimum Gasteiger partial charge on any atom is -0.496 e. The van der Waals surface area contributed by atoms with E-state index in [-0.39, 0.29) is 18.4 Å². The lowest BCUT2D eigenvalue weighted by Crippen LogP contribution is -2.35. The third kappa shape index (κ3) is 2.71. The first-order valence-corrected chi connectivity index (χ1v) is 7.16. The Bertz CT molecular complexity index is 616. The molecule has 1 aromatic carbocycles. The van der Waals surface area contributed by atoms with Crippen molar-refractivity contribution in [1.82, 2.24) is 10.2 Å². The molecule has 0 radical (unpaired) electrons. The maximum atomic E-state index is 11.8. The lowest BCUT2D eigenvalue weighted by Gasteiger charge is -2.19. The number of amides is 1. The summed E-state index contributed by atoms with van der Waals surface area (Å²) in [6, 6.07) is 3.44. The summed E-state index contributed by atoms with van der Waals surface area (Å²) in [6.07, 6.45) is -0.234. The number of fused-ring (bicyclic) bond motifs is 1. The van der Waals surface area contributed by atoms with Crippen molar-refractivity contribution in [3.05, 3.63) is 23.3 Å². The second-order valence-corrected chi connectivity index (χ2v) is 5.51. The largest absolute Gasteiger partial charge is 0.496 e. The smallest absolute Gasteiger partial charge is 0.404 e. The quantitative estimate of drug-likeness (QED) is 0.866. The molecule has 1 atom stereocenters. The van der Waals surface area contributed by atoms with Crippen LogP contribution in [0, 0.1) is 0 Å². The lowest BCUT2D eigenvalue weighted by atomic mass is 10.1. The first-order chi connectivity index (χ1) is 10.6. The fourth-order valence-corrected chi connectivity index (χ4v) is 3.04. The third-order valence-corrected chi connectivity index (χ3v) is 4.07. The Kier molecular flexibility index (Phi) is 3.89. The Labute approximate surface area is 127 Å². The maximum absolute atomic E-state index is 11.8. The summed E-state index contributed by atoms with van der Waals surface area (Å²) in [5.41, 5.74) is 1.44. The number of ether oxygens (including phenoxy) is 2. The fourth-order valence-electron chi connectivity index (χ4n) is 3.04. The maximum Gasteiger partial charge on any atom is 0.404 e. The number of nitrogens with zero attached hydrogens (tertiary/aromatic N) is 1. The number of methoxy groups -OCH3 is 1. The van der Waals surface area contributed by atoms with Gasteiger partial charge in [0.25, 0.3) is 0 Å². The summed E-state index contributed by atoms with van der Waals surface area (Å²) in [5.74, 6) is 1.26. The van der Waals surface area contributed by atoms with Gasteiger partial charge in [0.2, 0.25) is 5.78 Å². The molecule has 2 N–H and O–H groups in total. The van der Waals surface area contributed by atoms with Crippen molar-refractivity contribution < 1.29 is 24.2 Å². The van der Waals surface area contributed by atoms with Crippen molar-refractivity contribution in [3.63, 3.8) is 0 Å². The van der Waals surface area contributed by atoms with Gasteiger partial charge in [0, 0.05) is 25.7 Å². The van der Waals surface area contributed by atoms with E-state index in [1.165, 1.54) is 0 Å². The van der Waals surface area contributed by atoms with Crippen LogP contribution in [0.5, 0.6) is 11.5 Å². The molecule has 7 nitrogen and oxygen atoms in total. The van der Waals surface area contributed by atoms with E-state index >= 15 is 0 Å². The highest BCUT2D eigenvalue weighted by molar-refractivity contribution is 6.03. The van der Waals surface area contributed by atoms with E-state index in [1.807, 2.05) is 0 Å². The molecule has 1 saturated heterocycles. The molecule has 7 heteroatoms. The molecule has 1 aromatic rings. The minimum atomic E-state index is -1.00.